The molecule has 2 aromatic carbocycles. The smallest absolute Gasteiger partial charge is 0.268 e. The predicted molar refractivity (Wildman–Crippen MR) is 91.4 cm³/mol. The fourth-order valence-electron chi connectivity index (χ4n) is 2.02. The molecule has 0 bridgehead atoms. The number of thioether (sulfide) groups is 1. The van der Waals surface area contributed by atoms with Gasteiger partial charge in [-0.3, -0.25) is 9.59 Å². The van der Waals surface area contributed by atoms with E-state index >= 15 is 0 Å². The van der Waals surface area contributed by atoms with E-state index in [0.29, 0.717) is 26.2 Å². The first-order valence-corrected chi connectivity index (χ1v) is 7.91. The molecule has 22 heavy (non-hydrogen) atoms. The van der Waals surface area contributed by atoms with Crippen molar-refractivity contribution < 1.29 is 9.59 Å². The molecule has 110 valence electrons. The van der Waals surface area contributed by atoms with Crippen LogP contribution in [0.5, 0.6) is 0 Å². The lowest BCUT2D eigenvalue weighted by atomic mass is 10.2. The van der Waals surface area contributed by atoms with Crippen LogP contribution < -0.4 is 4.90 Å². The molecule has 0 aromatic heterocycles. The van der Waals surface area contributed by atoms with E-state index in [-0.39, 0.29) is 11.1 Å². The summed E-state index contributed by atoms with van der Waals surface area (Å²) in [6, 6.07) is 13.9. The molecular weight excluding hydrogens is 341 g/mol. The molecule has 0 saturated carbocycles. The van der Waals surface area contributed by atoms with Gasteiger partial charge in [-0.05, 0) is 47.7 Å². The molecule has 1 fully saturated rings. The van der Waals surface area contributed by atoms with Crippen LogP contribution in [-0.2, 0) is 4.79 Å². The van der Waals surface area contributed by atoms with Gasteiger partial charge < -0.3 is 0 Å². The largest absolute Gasteiger partial charge is 0.298 e. The van der Waals surface area contributed by atoms with Gasteiger partial charge in [0.15, 0.2) is 0 Å². The Morgan fingerprint density at radius 2 is 1.68 bits per heavy atom. The number of hydrogen-bond acceptors (Lipinski definition) is 3. The maximum atomic E-state index is 12.4. The number of benzene rings is 2. The van der Waals surface area contributed by atoms with Gasteiger partial charge in [0.2, 0.25) is 0 Å². The quantitative estimate of drug-likeness (QED) is 0.696. The first kappa shape index (κ1) is 15.2. The topological polar surface area (TPSA) is 37.4 Å². The number of rotatable bonds is 2. The van der Waals surface area contributed by atoms with Crippen molar-refractivity contribution in [1.82, 2.24) is 0 Å². The van der Waals surface area contributed by atoms with Gasteiger partial charge in [0.1, 0.15) is 0 Å². The Balaban J connectivity index is 1.93. The fourth-order valence-corrected chi connectivity index (χ4v) is 3.17. The molecule has 1 aliphatic heterocycles. The molecule has 1 saturated heterocycles. The summed E-state index contributed by atoms with van der Waals surface area (Å²) in [6.07, 6.45) is 1.63. The highest BCUT2D eigenvalue weighted by Gasteiger charge is 2.36. The van der Waals surface area contributed by atoms with Gasteiger partial charge in [-0.2, -0.15) is 0 Å². The minimum absolute atomic E-state index is 0.317. The highest BCUT2D eigenvalue weighted by atomic mass is 35.5. The minimum Gasteiger partial charge on any atom is -0.268 e. The van der Waals surface area contributed by atoms with Crippen LogP contribution in [0, 0.1) is 0 Å². The molecule has 2 amide bonds. The number of amides is 2. The Morgan fingerprint density at radius 1 is 0.955 bits per heavy atom. The zero-order valence-electron chi connectivity index (χ0n) is 11.1. The van der Waals surface area contributed by atoms with Crippen LogP contribution in [0.4, 0.5) is 10.5 Å². The lowest BCUT2D eigenvalue weighted by Gasteiger charge is -2.11. The monoisotopic (exact) mass is 349 g/mol. The minimum atomic E-state index is -0.340. The van der Waals surface area contributed by atoms with Crippen molar-refractivity contribution in [1.29, 1.82) is 0 Å². The summed E-state index contributed by atoms with van der Waals surface area (Å²) in [5, 5.41) is 0.524. The molecule has 6 heteroatoms. The van der Waals surface area contributed by atoms with Gasteiger partial charge in [0.25, 0.3) is 11.1 Å². The van der Waals surface area contributed by atoms with Crippen LogP contribution in [0.3, 0.4) is 0 Å². The Kier molecular flexibility index (Phi) is 4.25. The van der Waals surface area contributed by atoms with Crippen molar-refractivity contribution in [2.24, 2.45) is 0 Å². The number of carbonyl (C=O) groups excluding carboxylic acids is 2. The van der Waals surface area contributed by atoms with Crippen LogP contribution in [0.2, 0.25) is 10.0 Å². The molecule has 0 N–H and O–H groups in total. The van der Waals surface area contributed by atoms with E-state index in [9.17, 15) is 9.59 Å². The van der Waals surface area contributed by atoms with Crippen LogP contribution in [0.15, 0.2) is 53.4 Å². The maximum absolute atomic E-state index is 12.4. The number of para-hydroxylation sites is 1. The number of imide groups is 1. The number of hydrogen-bond donors (Lipinski definition) is 0. The van der Waals surface area contributed by atoms with E-state index in [1.165, 1.54) is 0 Å². The molecular formula is C16H9Cl2NO2S. The summed E-state index contributed by atoms with van der Waals surface area (Å²) in [5.74, 6) is -0.340. The lowest BCUT2D eigenvalue weighted by molar-refractivity contribution is -0.113. The Hall–Kier alpha value is -1.75. The zero-order chi connectivity index (χ0) is 15.7. The molecule has 1 aliphatic rings. The Morgan fingerprint density at radius 3 is 2.36 bits per heavy atom. The second-order valence-electron chi connectivity index (χ2n) is 4.53. The van der Waals surface area contributed by atoms with Crippen molar-refractivity contribution >= 4 is 57.9 Å². The predicted octanol–water partition coefficient (Wildman–Crippen LogP) is 5.23. The van der Waals surface area contributed by atoms with E-state index in [4.69, 9.17) is 23.2 Å². The van der Waals surface area contributed by atoms with Gasteiger partial charge in [-0.25, -0.2) is 4.90 Å². The van der Waals surface area contributed by atoms with Crippen molar-refractivity contribution in [2.75, 3.05) is 4.90 Å². The van der Waals surface area contributed by atoms with Crippen LogP contribution >= 0.6 is 35.0 Å². The third-order valence-electron chi connectivity index (χ3n) is 3.05. The lowest BCUT2D eigenvalue weighted by Crippen LogP contribution is -2.27. The maximum Gasteiger partial charge on any atom is 0.298 e. The SMILES string of the molecule is O=C1S/C(=C\c2ccc(Cl)c(Cl)c2)C(=O)N1c1ccccc1. The van der Waals surface area contributed by atoms with Gasteiger partial charge >= 0.3 is 0 Å². The molecule has 0 atom stereocenters. The summed E-state index contributed by atoms with van der Waals surface area (Å²) >= 11 is 12.7. The number of carbonyl (C=O) groups is 2. The first-order chi connectivity index (χ1) is 10.6. The molecule has 3 nitrogen and oxygen atoms in total. The Bertz CT molecular complexity index is 790. The summed E-state index contributed by atoms with van der Waals surface area (Å²) in [5.41, 5.74) is 1.27. The number of halogens is 2. The van der Waals surface area contributed by atoms with Crippen LogP contribution in [-0.4, -0.2) is 11.1 Å². The number of anilines is 1. The average Bonchev–Trinajstić information content (AvgIpc) is 2.78. The summed E-state index contributed by atoms with van der Waals surface area (Å²) in [6.45, 7) is 0. The van der Waals surface area contributed by atoms with Gasteiger partial charge in [-0.15, -0.1) is 0 Å². The van der Waals surface area contributed by atoms with Crippen molar-refractivity contribution in [2.45, 2.75) is 0 Å². The summed E-state index contributed by atoms with van der Waals surface area (Å²) in [7, 11) is 0. The second-order valence-corrected chi connectivity index (χ2v) is 6.33. The van der Waals surface area contributed by atoms with Gasteiger partial charge in [-0.1, -0.05) is 47.5 Å². The zero-order valence-corrected chi connectivity index (χ0v) is 13.5. The summed E-state index contributed by atoms with van der Waals surface area (Å²) in [4.78, 5) is 26.0. The molecule has 3 rings (SSSR count). The van der Waals surface area contributed by atoms with E-state index in [1.54, 1.807) is 48.5 Å². The van der Waals surface area contributed by atoms with E-state index < -0.39 is 0 Å². The summed E-state index contributed by atoms with van der Waals surface area (Å²) < 4.78 is 0. The van der Waals surface area contributed by atoms with Gasteiger partial charge in [0.05, 0.1) is 20.6 Å². The molecule has 0 unspecified atom stereocenters. The Labute approximate surface area is 141 Å². The molecule has 0 radical (unpaired) electrons. The van der Waals surface area contributed by atoms with Crippen molar-refractivity contribution in [3.05, 3.63) is 69.0 Å². The van der Waals surface area contributed by atoms with Crippen LogP contribution in [0.25, 0.3) is 6.08 Å². The van der Waals surface area contributed by atoms with E-state index in [2.05, 4.69) is 0 Å². The highest BCUT2D eigenvalue weighted by Crippen LogP contribution is 2.36. The van der Waals surface area contributed by atoms with Crippen molar-refractivity contribution in [3.63, 3.8) is 0 Å². The molecule has 1 heterocycles. The molecule has 0 aliphatic carbocycles. The van der Waals surface area contributed by atoms with Crippen molar-refractivity contribution in [3.8, 4) is 0 Å². The third-order valence-corrected chi connectivity index (χ3v) is 4.66. The molecule has 0 spiro atoms. The van der Waals surface area contributed by atoms with E-state index in [0.717, 1.165) is 16.7 Å². The average molecular weight is 350 g/mol. The van der Waals surface area contributed by atoms with Gasteiger partial charge in [0, 0.05) is 0 Å². The fraction of sp³-hybridized carbons (Fsp3) is 0. The van der Waals surface area contributed by atoms with E-state index in [1.807, 2.05) is 6.07 Å². The first-order valence-electron chi connectivity index (χ1n) is 6.34. The standard InChI is InChI=1S/C16H9Cl2NO2S/c17-12-7-6-10(8-13(12)18)9-14-15(20)19(16(21)22-14)11-4-2-1-3-5-11/h1-9H/b14-9-. The highest BCUT2D eigenvalue weighted by molar-refractivity contribution is 8.19. The second kappa shape index (κ2) is 6.16. The third kappa shape index (κ3) is 2.90. The molecule has 2 aromatic rings. The normalized spacial score (nSPS) is 16.6. The number of nitrogens with zero attached hydrogens (tertiary/aromatic N) is 1. The van der Waals surface area contributed by atoms with Crippen LogP contribution in [0.1, 0.15) is 5.56 Å².